The minimum absolute atomic E-state index is 0.187. The monoisotopic (exact) mass is 328 g/mol. The Bertz CT molecular complexity index is 579. The van der Waals surface area contributed by atoms with Gasteiger partial charge < -0.3 is 15.2 Å². The third-order valence-electron chi connectivity index (χ3n) is 2.91. The van der Waals surface area contributed by atoms with Gasteiger partial charge in [0.15, 0.2) is 0 Å². The standard InChI is InChI=1S/C13H17ClN4O2S/c1-19-10-7-11(20-2)17-18(16-10)13(21-3)8-5-4-6-9(14)12(8)15/h4-7,13,16H,15H2,1-3H3. The fourth-order valence-corrected chi connectivity index (χ4v) is 2.80. The molecule has 0 amide bonds. The number of para-hydroxylation sites is 1. The van der Waals surface area contributed by atoms with Crippen LogP contribution in [0.1, 0.15) is 10.9 Å². The Morgan fingerprint density at radius 2 is 2.14 bits per heavy atom. The van der Waals surface area contributed by atoms with E-state index in [1.807, 2.05) is 18.4 Å². The van der Waals surface area contributed by atoms with E-state index in [1.54, 1.807) is 43.2 Å². The van der Waals surface area contributed by atoms with Crippen LogP contribution in [0, 0.1) is 0 Å². The maximum Gasteiger partial charge on any atom is 0.238 e. The van der Waals surface area contributed by atoms with E-state index in [2.05, 4.69) is 10.5 Å². The highest BCUT2D eigenvalue weighted by molar-refractivity contribution is 7.98. The van der Waals surface area contributed by atoms with Crippen molar-refractivity contribution in [1.29, 1.82) is 0 Å². The molecule has 8 heteroatoms. The van der Waals surface area contributed by atoms with E-state index in [0.717, 1.165) is 5.56 Å². The van der Waals surface area contributed by atoms with Gasteiger partial charge in [0.1, 0.15) is 5.37 Å². The van der Waals surface area contributed by atoms with Crippen molar-refractivity contribution in [1.82, 2.24) is 10.5 Å². The van der Waals surface area contributed by atoms with Gasteiger partial charge >= 0.3 is 0 Å². The number of nitrogens with one attached hydrogen (secondary N) is 1. The van der Waals surface area contributed by atoms with Crippen molar-refractivity contribution in [2.75, 3.05) is 26.2 Å². The lowest BCUT2D eigenvalue weighted by Gasteiger charge is -2.32. The van der Waals surface area contributed by atoms with Crippen LogP contribution >= 0.6 is 23.4 Å². The molecule has 3 N–H and O–H groups in total. The minimum atomic E-state index is -0.187. The van der Waals surface area contributed by atoms with Gasteiger partial charge in [-0.25, -0.2) is 0 Å². The summed E-state index contributed by atoms with van der Waals surface area (Å²) in [6, 6.07) is 5.53. The second-order valence-electron chi connectivity index (χ2n) is 4.14. The summed E-state index contributed by atoms with van der Waals surface area (Å²) in [6.45, 7) is 0. The first-order valence-corrected chi connectivity index (χ1v) is 7.78. The van der Waals surface area contributed by atoms with Crippen molar-refractivity contribution in [3.05, 3.63) is 40.7 Å². The number of hydrogen-bond donors (Lipinski definition) is 2. The van der Waals surface area contributed by atoms with Gasteiger partial charge in [0.25, 0.3) is 0 Å². The highest BCUT2D eigenvalue weighted by Gasteiger charge is 2.25. The molecule has 0 aromatic heterocycles. The van der Waals surface area contributed by atoms with Crippen LogP contribution in [0.5, 0.6) is 0 Å². The largest absolute Gasteiger partial charge is 0.481 e. The van der Waals surface area contributed by atoms with Crippen LogP contribution in [0.15, 0.2) is 35.3 Å². The predicted molar refractivity (Wildman–Crippen MR) is 86.6 cm³/mol. The molecule has 0 aliphatic carbocycles. The number of anilines is 1. The van der Waals surface area contributed by atoms with E-state index in [9.17, 15) is 0 Å². The van der Waals surface area contributed by atoms with Gasteiger partial charge in [0.05, 0.1) is 31.0 Å². The molecule has 1 aliphatic heterocycles. The van der Waals surface area contributed by atoms with E-state index in [-0.39, 0.29) is 5.37 Å². The topological polar surface area (TPSA) is 72.1 Å². The maximum absolute atomic E-state index is 6.10. The fourth-order valence-electron chi connectivity index (χ4n) is 1.86. The second kappa shape index (κ2) is 6.82. The second-order valence-corrected chi connectivity index (χ2v) is 5.47. The highest BCUT2D eigenvalue weighted by atomic mass is 35.5. The average molecular weight is 329 g/mol. The Balaban J connectivity index is 2.36. The smallest absolute Gasteiger partial charge is 0.238 e. The van der Waals surface area contributed by atoms with Crippen molar-refractivity contribution in [3.63, 3.8) is 0 Å². The minimum Gasteiger partial charge on any atom is -0.481 e. The first-order valence-electron chi connectivity index (χ1n) is 6.11. The fraction of sp³-hybridized carbons (Fsp3) is 0.308. The third-order valence-corrected chi connectivity index (χ3v) is 4.14. The van der Waals surface area contributed by atoms with Gasteiger partial charge in [0.2, 0.25) is 11.8 Å². The van der Waals surface area contributed by atoms with E-state index < -0.39 is 0 Å². The molecule has 0 saturated carbocycles. The number of ether oxygens (including phenoxy) is 2. The lowest BCUT2D eigenvalue weighted by molar-refractivity contribution is 0.123. The van der Waals surface area contributed by atoms with Crippen molar-refractivity contribution in [2.45, 2.75) is 5.37 Å². The van der Waals surface area contributed by atoms with E-state index in [4.69, 9.17) is 26.8 Å². The zero-order valence-electron chi connectivity index (χ0n) is 12.0. The van der Waals surface area contributed by atoms with E-state index in [0.29, 0.717) is 22.5 Å². The predicted octanol–water partition coefficient (Wildman–Crippen LogP) is 2.55. The maximum atomic E-state index is 6.10. The van der Waals surface area contributed by atoms with Gasteiger partial charge in [-0.2, -0.15) is 5.12 Å². The first-order chi connectivity index (χ1) is 10.1. The molecule has 0 bridgehead atoms. The van der Waals surface area contributed by atoms with E-state index in [1.165, 1.54) is 0 Å². The molecule has 1 aromatic carbocycles. The summed E-state index contributed by atoms with van der Waals surface area (Å²) in [5.74, 6) is 0.965. The number of methoxy groups -OCH3 is 2. The number of nitrogens with two attached hydrogens (primary N) is 1. The van der Waals surface area contributed by atoms with Gasteiger partial charge in [-0.05, 0) is 12.3 Å². The Hall–Kier alpha value is -1.73. The average Bonchev–Trinajstić information content (AvgIpc) is 2.51. The molecule has 1 aromatic rings. The van der Waals surface area contributed by atoms with Gasteiger partial charge in [-0.15, -0.1) is 16.9 Å². The zero-order valence-corrected chi connectivity index (χ0v) is 13.5. The molecule has 1 aliphatic rings. The van der Waals surface area contributed by atoms with Crippen molar-refractivity contribution >= 4 is 34.9 Å². The van der Waals surface area contributed by atoms with Crippen molar-refractivity contribution in [3.8, 4) is 0 Å². The zero-order chi connectivity index (χ0) is 15.4. The third kappa shape index (κ3) is 3.30. The van der Waals surface area contributed by atoms with Gasteiger partial charge in [-0.3, -0.25) is 5.43 Å². The molecule has 0 radical (unpaired) electrons. The Morgan fingerprint density at radius 1 is 1.38 bits per heavy atom. The molecular formula is C13H17ClN4O2S. The van der Waals surface area contributed by atoms with E-state index >= 15 is 0 Å². The number of benzene rings is 1. The lowest BCUT2D eigenvalue weighted by Crippen LogP contribution is -2.39. The summed E-state index contributed by atoms with van der Waals surface area (Å²) < 4.78 is 10.4. The molecule has 1 atom stereocenters. The van der Waals surface area contributed by atoms with Crippen molar-refractivity contribution in [2.24, 2.45) is 5.10 Å². The number of thioether (sulfide) groups is 1. The molecule has 1 unspecified atom stereocenters. The van der Waals surface area contributed by atoms with Crippen LogP contribution in [0.25, 0.3) is 0 Å². The summed E-state index contributed by atoms with van der Waals surface area (Å²) in [5.41, 5.74) is 10.5. The summed E-state index contributed by atoms with van der Waals surface area (Å²) in [7, 11) is 3.12. The summed E-state index contributed by atoms with van der Waals surface area (Å²) in [4.78, 5) is 0. The molecule has 0 fully saturated rings. The number of hydrogen-bond acceptors (Lipinski definition) is 7. The molecule has 21 heavy (non-hydrogen) atoms. The van der Waals surface area contributed by atoms with Crippen molar-refractivity contribution < 1.29 is 9.47 Å². The molecular weight excluding hydrogens is 312 g/mol. The molecule has 0 saturated heterocycles. The van der Waals surface area contributed by atoms with Crippen LogP contribution in [0.4, 0.5) is 5.69 Å². The van der Waals surface area contributed by atoms with Crippen LogP contribution in [0.2, 0.25) is 5.02 Å². The summed E-state index contributed by atoms with van der Waals surface area (Å²) >= 11 is 7.65. The lowest BCUT2D eigenvalue weighted by atomic mass is 10.2. The van der Waals surface area contributed by atoms with Crippen LogP contribution < -0.4 is 11.2 Å². The summed E-state index contributed by atoms with van der Waals surface area (Å²) in [6.07, 6.45) is 3.62. The quantitative estimate of drug-likeness (QED) is 0.828. The Morgan fingerprint density at radius 3 is 2.76 bits per heavy atom. The molecule has 114 valence electrons. The van der Waals surface area contributed by atoms with Gasteiger partial charge in [-0.1, -0.05) is 23.7 Å². The SMILES string of the molecule is COC1=CC(OC)=NN(C(SC)c2cccc(Cl)c2N)N1. The first kappa shape index (κ1) is 15.7. The number of nitrogen functional groups attached to an aromatic ring is 1. The molecule has 0 spiro atoms. The number of rotatable bonds is 4. The van der Waals surface area contributed by atoms with Crippen LogP contribution in [0.3, 0.4) is 0 Å². The Kier molecular flexibility index (Phi) is 5.08. The number of halogens is 1. The number of nitrogens with zero attached hydrogens (tertiary/aromatic N) is 2. The molecule has 6 nitrogen and oxygen atoms in total. The molecule has 2 rings (SSSR count). The van der Waals surface area contributed by atoms with Crippen LogP contribution in [-0.4, -0.2) is 31.5 Å². The van der Waals surface area contributed by atoms with Crippen LogP contribution in [-0.2, 0) is 9.47 Å². The number of hydrazine groups is 1. The van der Waals surface area contributed by atoms with Gasteiger partial charge in [0, 0.05) is 5.56 Å². The Labute approximate surface area is 132 Å². The summed E-state index contributed by atoms with van der Waals surface area (Å²) in [5, 5.41) is 6.32. The number of hydrazone groups is 1. The highest BCUT2D eigenvalue weighted by Crippen LogP contribution is 2.37. The normalized spacial score (nSPS) is 15.7. The molecule has 1 heterocycles.